The summed E-state index contributed by atoms with van der Waals surface area (Å²) in [5.41, 5.74) is 1.53. The Morgan fingerprint density at radius 3 is 2.63 bits per heavy atom. The Morgan fingerprint density at radius 1 is 1.11 bits per heavy atom. The fourth-order valence-corrected chi connectivity index (χ4v) is 5.41. The number of nitro benzene ring substituents is 1. The van der Waals surface area contributed by atoms with Crippen LogP contribution in [0.25, 0.3) is 0 Å². The number of hydrogen-bond acceptors (Lipinski definition) is 7. The minimum absolute atomic E-state index is 0.0733. The maximum absolute atomic E-state index is 13.1. The molecular weight excluding hydrogens is 454 g/mol. The van der Waals surface area contributed by atoms with Gasteiger partial charge in [-0.1, -0.05) is 23.8 Å². The van der Waals surface area contributed by atoms with Gasteiger partial charge in [-0.05, 0) is 49.4 Å². The van der Waals surface area contributed by atoms with Gasteiger partial charge >= 0.3 is 5.97 Å². The summed E-state index contributed by atoms with van der Waals surface area (Å²) >= 11 is 0. The number of esters is 1. The number of nitrogens with one attached hydrogen (secondary N) is 1. The number of fused-ring (bicyclic) bond motifs is 5. The minimum atomic E-state index is -0.807. The summed E-state index contributed by atoms with van der Waals surface area (Å²) < 4.78 is 5.06. The lowest BCUT2D eigenvalue weighted by Gasteiger charge is -2.19. The fourth-order valence-electron chi connectivity index (χ4n) is 5.41. The Kier molecular flexibility index (Phi) is 5.43. The zero-order valence-corrected chi connectivity index (χ0v) is 18.7. The molecule has 5 rings (SSSR count). The SMILES string of the molecule is CC1=C[C@H]2C[C@H]1[C@H]1C(=O)N(c3cccc(C(=O)OCC(=O)Nc4cccc([N+](=O)[O-])c4)c3)C(=O)[C@H]12. The van der Waals surface area contributed by atoms with Gasteiger partial charge in [-0.2, -0.15) is 0 Å². The Bertz CT molecular complexity index is 1320. The molecule has 0 unspecified atom stereocenters. The van der Waals surface area contributed by atoms with Crippen molar-refractivity contribution in [1.82, 2.24) is 0 Å². The second-order valence-electron chi connectivity index (χ2n) is 8.96. The molecule has 2 aliphatic carbocycles. The van der Waals surface area contributed by atoms with E-state index in [0.717, 1.165) is 16.9 Å². The number of non-ortho nitro benzene ring substituents is 1. The number of carbonyl (C=O) groups excluding carboxylic acids is 4. The van der Waals surface area contributed by atoms with Crippen LogP contribution in [-0.2, 0) is 19.1 Å². The molecule has 178 valence electrons. The molecule has 4 atom stereocenters. The average molecular weight is 475 g/mol. The minimum Gasteiger partial charge on any atom is -0.452 e. The average Bonchev–Trinajstić information content (AvgIpc) is 3.47. The molecule has 2 fully saturated rings. The molecule has 1 heterocycles. The molecule has 0 spiro atoms. The van der Waals surface area contributed by atoms with Crippen molar-refractivity contribution in [3.63, 3.8) is 0 Å². The van der Waals surface area contributed by atoms with Gasteiger partial charge < -0.3 is 10.1 Å². The van der Waals surface area contributed by atoms with Crippen LogP contribution < -0.4 is 10.2 Å². The Balaban J connectivity index is 1.24. The lowest BCUT2D eigenvalue weighted by Crippen LogP contribution is -2.33. The molecule has 1 aliphatic heterocycles. The van der Waals surface area contributed by atoms with Gasteiger partial charge in [-0.15, -0.1) is 0 Å². The summed E-state index contributed by atoms with van der Waals surface area (Å²) in [4.78, 5) is 62.3. The first kappa shape index (κ1) is 22.5. The predicted molar refractivity (Wildman–Crippen MR) is 123 cm³/mol. The van der Waals surface area contributed by atoms with Crippen molar-refractivity contribution in [2.24, 2.45) is 23.7 Å². The number of imide groups is 1. The molecule has 1 saturated heterocycles. The number of carbonyl (C=O) groups is 4. The zero-order chi connectivity index (χ0) is 24.9. The number of nitrogens with zero attached hydrogens (tertiary/aromatic N) is 2. The smallest absolute Gasteiger partial charge is 0.338 e. The first-order valence-electron chi connectivity index (χ1n) is 11.1. The predicted octanol–water partition coefficient (Wildman–Crippen LogP) is 3.09. The van der Waals surface area contributed by atoms with Crippen LogP contribution in [0.3, 0.4) is 0 Å². The van der Waals surface area contributed by atoms with Gasteiger partial charge in [0.05, 0.1) is 28.0 Å². The van der Waals surface area contributed by atoms with Crippen LogP contribution in [-0.4, -0.2) is 35.2 Å². The fraction of sp³-hybridized carbons (Fsp3) is 0.280. The van der Waals surface area contributed by atoms with Gasteiger partial charge in [0, 0.05) is 17.8 Å². The monoisotopic (exact) mass is 475 g/mol. The Labute approximate surface area is 199 Å². The van der Waals surface area contributed by atoms with Crippen molar-refractivity contribution in [2.75, 3.05) is 16.8 Å². The number of rotatable bonds is 6. The van der Waals surface area contributed by atoms with E-state index in [-0.39, 0.29) is 52.4 Å². The van der Waals surface area contributed by atoms with Crippen LogP contribution in [0.2, 0.25) is 0 Å². The van der Waals surface area contributed by atoms with E-state index < -0.39 is 23.4 Å². The standard InChI is InChI=1S/C25H21N3O7/c1-13-8-15-10-19(13)22-21(15)23(30)27(24(22)31)17-6-2-4-14(9-17)25(32)35-12-20(29)26-16-5-3-7-18(11-16)28(33)34/h2-9,11,15,19,21-22H,10,12H2,1H3,(H,26,29)/t15-,19+,21-,22+/m0/s1. The molecule has 35 heavy (non-hydrogen) atoms. The summed E-state index contributed by atoms with van der Waals surface area (Å²) in [6.07, 6.45) is 2.92. The number of ether oxygens (including phenoxy) is 1. The molecule has 2 aromatic rings. The number of anilines is 2. The number of hydrogen-bond donors (Lipinski definition) is 1. The number of nitro groups is 1. The molecule has 2 aromatic carbocycles. The molecule has 0 radical (unpaired) electrons. The van der Waals surface area contributed by atoms with Gasteiger partial charge in [0.15, 0.2) is 6.61 Å². The maximum Gasteiger partial charge on any atom is 0.338 e. The van der Waals surface area contributed by atoms with Crippen LogP contribution in [0, 0.1) is 33.8 Å². The number of allylic oxidation sites excluding steroid dienone is 2. The summed E-state index contributed by atoms with van der Waals surface area (Å²) in [6, 6.07) is 11.4. The van der Waals surface area contributed by atoms with E-state index in [4.69, 9.17) is 4.74 Å². The third-order valence-corrected chi connectivity index (χ3v) is 6.90. The quantitative estimate of drug-likeness (QED) is 0.223. The van der Waals surface area contributed by atoms with Gasteiger partial charge in [-0.3, -0.25) is 24.5 Å². The Hall–Kier alpha value is -4.34. The normalized spacial score (nSPS) is 24.3. The van der Waals surface area contributed by atoms with E-state index in [1.165, 1.54) is 36.4 Å². The number of amides is 3. The second-order valence-corrected chi connectivity index (χ2v) is 8.96. The van der Waals surface area contributed by atoms with Gasteiger partial charge in [0.25, 0.3) is 11.6 Å². The van der Waals surface area contributed by atoms with Crippen LogP contribution >= 0.6 is 0 Å². The summed E-state index contributed by atoms with van der Waals surface area (Å²) in [6.45, 7) is 1.37. The summed E-state index contributed by atoms with van der Waals surface area (Å²) in [7, 11) is 0. The van der Waals surface area contributed by atoms with E-state index in [9.17, 15) is 29.3 Å². The highest BCUT2D eigenvalue weighted by Crippen LogP contribution is 2.55. The highest BCUT2D eigenvalue weighted by molar-refractivity contribution is 6.23. The van der Waals surface area contributed by atoms with E-state index in [1.807, 2.05) is 6.92 Å². The zero-order valence-electron chi connectivity index (χ0n) is 18.7. The van der Waals surface area contributed by atoms with Crippen LogP contribution in [0.5, 0.6) is 0 Å². The van der Waals surface area contributed by atoms with Crippen molar-refractivity contribution < 1.29 is 28.8 Å². The summed E-state index contributed by atoms with van der Waals surface area (Å²) in [5, 5.41) is 13.3. The molecule has 3 aliphatic rings. The lowest BCUT2D eigenvalue weighted by molar-refractivity contribution is -0.384. The van der Waals surface area contributed by atoms with Crippen molar-refractivity contribution in [2.45, 2.75) is 13.3 Å². The first-order chi connectivity index (χ1) is 16.7. The van der Waals surface area contributed by atoms with Crippen molar-refractivity contribution in [3.05, 3.63) is 75.9 Å². The number of benzene rings is 2. The maximum atomic E-state index is 13.1. The summed E-state index contributed by atoms with van der Waals surface area (Å²) in [5.74, 6) is -2.54. The van der Waals surface area contributed by atoms with Crippen molar-refractivity contribution >= 4 is 40.8 Å². The highest BCUT2D eigenvalue weighted by atomic mass is 16.6. The van der Waals surface area contributed by atoms with Gasteiger partial charge in [-0.25, -0.2) is 9.69 Å². The largest absolute Gasteiger partial charge is 0.452 e. The van der Waals surface area contributed by atoms with E-state index in [2.05, 4.69) is 11.4 Å². The van der Waals surface area contributed by atoms with Crippen LogP contribution in [0.1, 0.15) is 23.7 Å². The highest BCUT2D eigenvalue weighted by Gasteiger charge is 2.60. The molecule has 1 N–H and O–H groups in total. The molecule has 10 heteroatoms. The van der Waals surface area contributed by atoms with E-state index in [0.29, 0.717) is 5.69 Å². The third-order valence-electron chi connectivity index (χ3n) is 6.90. The molecule has 2 bridgehead atoms. The molecule has 3 amide bonds. The van der Waals surface area contributed by atoms with Gasteiger partial charge in [0.2, 0.25) is 11.8 Å². The van der Waals surface area contributed by atoms with E-state index >= 15 is 0 Å². The van der Waals surface area contributed by atoms with Crippen LogP contribution in [0.4, 0.5) is 17.1 Å². The molecule has 0 aromatic heterocycles. The molecular formula is C25H21N3O7. The van der Waals surface area contributed by atoms with E-state index in [1.54, 1.807) is 12.1 Å². The Morgan fingerprint density at radius 2 is 1.86 bits per heavy atom. The topological polar surface area (TPSA) is 136 Å². The van der Waals surface area contributed by atoms with Gasteiger partial charge in [0.1, 0.15) is 0 Å². The van der Waals surface area contributed by atoms with Crippen molar-refractivity contribution in [3.8, 4) is 0 Å². The lowest BCUT2D eigenvalue weighted by atomic mass is 9.82. The molecule has 10 nitrogen and oxygen atoms in total. The van der Waals surface area contributed by atoms with Crippen LogP contribution in [0.15, 0.2) is 60.2 Å². The third kappa shape index (κ3) is 3.86. The molecule has 1 saturated carbocycles. The second kappa shape index (κ2) is 8.46. The first-order valence-corrected chi connectivity index (χ1v) is 11.1. The van der Waals surface area contributed by atoms with Crippen molar-refractivity contribution in [1.29, 1.82) is 0 Å².